The third-order valence-electron chi connectivity index (χ3n) is 5.25. The second-order valence-corrected chi connectivity index (χ2v) is 7.59. The summed E-state index contributed by atoms with van der Waals surface area (Å²) in [6, 6.07) is 29.8. The zero-order chi connectivity index (χ0) is 21.3. The monoisotopic (exact) mass is 420 g/mol. The van der Waals surface area contributed by atoms with Crippen molar-refractivity contribution in [3.05, 3.63) is 108 Å². The molecule has 1 fully saturated rings. The Morgan fingerprint density at radius 3 is 1.58 bits per heavy atom. The fraction of sp³-hybridized carbons (Fsp3) is 0.308. The molecule has 5 heteroatoms. The Bertz CT molecular complexity index is 887. The Balaban J connectivity index is 1.39. The van der Waals surface area contributed by atoms with Crippen molar-refractivity contribution in [2.45, 2.75) is 44.4 Å². The van der Waals surface area contributed by atoms with E-state index in [9.17, 15) is 5.11 Å². The van der Waals surface area contributed by atoms with E-state index in [4.69, 9.17) is 18.9 Å². The van der Waals surface area contributed by atoms with Crippen molar-refractivity contribution >= 4 is 0 Å². The quantitative estimate of drug-likeness (QED) is 0.535. The molecule has 0 aliphatic carbocycles. The maximum absolute atomic E-state index is 10.5. The van der Waals surface area contributed by atoms with Gasteiger partial charge in [0.2, 0.25) is 0 Å². The number of ether oxygens (including phenoxy) is 4. The summed E-state index contributed by atoms with van der Waals surface area (Å²) in [6.07, 6.45) is -2.55. The molecular weight excluding hydrogens is 392 g/mol. The normalized spacial score (nSPS) is 23.1. The number of hydrogen-bond acceptors (Lipinski definition) is 5. The van der Waals surface area contributed by atoms with Crippen molar-refractivity contribution in [2.75, 3.05) is 6.61 Å². The van der Waals surface area contributed by atoms with Gasteiger partial charge >= 0.3 is 0 Å². The molecule has 3 aromatic rings. The molecular formula is C26H28O5. The van der Waals surface area contributed by atoms with E-state index in [0.29, 0.717) is 26.4 Å². The average Bonchev–Trinajstić information content (AvgIpc) is 3.12. The zero-order valence-corrected chi connectivity index (χ0v) is 17.4. The van der Waals surface area contributed by atoms with Crippen LogP contribution in [0, 0.1) is 0 Å². The molecule has 0 saturated carbocycles. The molecule has 5 nitrogen and oxygen atoms in total. The second-order valence-electron chi connectivity index (χ2n) is 7.59. The summed E-state index contributed by atoms with van der Waals surface area (Å²) >= 11 is 0. The summed E-state index contributed by atoms with van der Waals surface area (Å²) in [5.74, 6) is 0. The molecule has 0 radical (unpaired) electrons. The van der Waals surface area contributed by atoms with Crippen LogP contribution in [0.5, 0.6) is 0 Å². The third kappa shape index (κ3) is 6.23. The predicted molar refractivity (Wildman–Crippen MR) is 117 cm³/mol. The van der Waals surface area contributed by atoms with E-state index in [1.165, 1.54) is 0 Å². The van der Waals surface area contributed by atoms with Crippen LogP contribution < -0.4 is 0 Å². The van der Waals surface area contributed by atoms with Crippen LogP contribution >= 0.6 is 0 Å². The lowest BCUT2D eigenvalue weighted by molar-refractivity contribution is -0.153. The molecule has 1 aliphatic heterocycles. The highest BCUT2D eigenvalue weighted by Crippen LogP contribution is 2.28. The molecule has 1 saturated heterocycles. The van der Waals surface area contributed by atoms with Crippen molar-refractivity contribution in [1.82, 2.24) is 0 Å². The van der Waals surface area contributed by atoms with Crippen LogP contribution in [0.1, 0.15) is 16.7 Å². The molecule has 0 amide bonds. The first-order valence-electron chi connectivity index (χ1n) is 10.6. The fourth-order valence-corrected chi connectivity index (χ4v) is 3.62. The van der Waals surface area contributed by atoms with Crippen LogP contribution in [0.3, 0.4) is 0 Å². The molecule has 4 rings (SSSR count). The van der Waals surface area contributed by atoms with Gasteiger partial charge in [0.05, 0.1) is 26.4 Å². The van der Waals surface area contributed by atoms with E-state index < -0.39 is 24.6 Å². The molecule has 0 bridgehead atoms. The Morgan fingerprint density at radius 1 is 0.613 bits per heavy atom. The van der Waals surface area contributed by atoms with Crippen molar-refractivity contribution in [3.63, 3.8) is 0 Å². The van der Waals surface area contributed by atoms with Crippen LogP contribution in [-0.4, -0.2) is 36.3 Å². The Kier molecular flexibility index (Phi) is 7.82. The molecule has 1 heterocycles. The number of aliphatic hydroxyl groups excluding tert-OH is 1. The van der Waals surface area contributed by atoms with Gasteiger partial charge in [0.25, 0.3) is 0 Å². The summed E-state index contributed by atoms with van der Waals surface area (Å²) in [4.78, 5) is 0. The minimum Gasteiger partial charge on any atom is -0.374 e. The number of aliphatic hydroxyl groups is 1. The van der Waals surface area contributed by atoms with Gasteiger partial charge < -0.3 is 24.1 Å². The van der Waals surface area contributed by atoms with Gasteiger partial charge in [0.1, 0.15) is 18.3 Å². The highest BCUT2D eigenvalue weighted by atomic mass is 16.7. The van der Waals surface area contributed by atoms with Crippen molar-refractivity contribution < 1.29 is 24.1 Å². The summed E-state index contributed by atoms with van der Waals surface area (Å²) in [5.41, 5.74) is 3.16. The van der Waals surface area contributed by atoms with Gasteiger partial charge in [-0.1, -0.05) is 91.0 Å². The van der Waals surface area contributed by atoms with Crippen molar-refractivity contribution in [3.8, 4) is 0 Å². The van der Waals surface area contributed by atoms with Gasteiger partial charge in [-0.15, -0.1) is 0 Å². The van der Waals surface area contributed by atoms with Crippen LogP contribution in [0.2, 0.25) is 0 Å². The smallest absolute Gasteiger partial charge is 0.184 e. The highest BCUT2D eigenvalue weighted by molar-refractivity contribution is 5.15. The Hall–Kier alpha value is -2.54. The highest BCUT2D eigenvalue weighted by Gasteiger charge is 2.45. The van der Waals surface area contributed by atoms with E-state index in [1.54, 1.807) is 0 Å². The van der Waals surface area contributed by atoms with Gasteiger partial charge in [-0.25, -0.2) is 0 Å². The SMILES string of the molecule is OC1OC(COCc2ccccc2)[C@H](OCc2ccccc2)[C@@H]1OCc1ccccc1. The largest absolute Gasteiger partial charge is 0.374 e. The molecule has 4 atom stereocenters. The number of hydrogen-bond donors (Lipinski definition) is 1. The van der Waals surface area contributed by atoms with E-state index in [-0.39, 0.29) is 0 Å². The molecule has 1 N–H and O–H groups in total. The minimum atomic E-state index is -1.07. The summed E-state index contributed by atoms with van der Waals surface area (Å²) in [5, 5.41) is 10.5. The first-order valence-corrected chi connectivity index (χ1v) is 10.6. The van der Waals surface area contributed by atoms with Gasteiger partial charge in [-0.05, 0) is 16.7 Å². The second kappa shape index (κ2) is 11.2. The maximum atomic E-state index is 10.5. The molecule has 3 aromatic carbocycles. The lowest BCUT2D eigenvalue weighted by Gasteiger charge is -2.24. The van der Waals surface area contributed by atoms with E-state index >= 15 is 0 Å². The van der Waals surface area contributed by atoms with Gasteiger partial charge in [-0.2, -0.15) is 0 Å². The molecule has 0 aromatic heterocycles. The van der Waals surface area contributed by atoms with Crippen LogP contribution in [-0.2, 0) is 38.8 Å². The molecule has 31 heavy (non-hydrogen) atoms. The third-order valence-corrected chi connectivity index (χ3v) is 5.25. The standard InChI is InChI=1S/C26H28O5/c27-26-25(30-18-22-14-8-3-9-15-22)24(29-17-21-12-6-2-7-13-21)23(31-26)19-28-16-20-10-4-1-5-11-20/h1-15,23-27H,16-19H2/t23?,24-,25-,26?/m0/s1. The first-order chi connectivity index (χ1) is 15.3. The molecule has 0 spiro atoms. The van der Waals surface area contributed by atoms with Gasteiger partial charge in [-0.3, -0.25) is 0 Å². The lowest BCUT2D eigenvalue weighted by atomic mass is 10.1. The van der Waals surface area contributed by atoms with E-state index in [2.05, 4.69) is 0 Å². The molecule has 162 valence electrons. The van der Waals surface area contributed by atoms with Crippen LogP contribution in [0.4, 0.5) is 0 Å². The van der Waals surface area contributed by atoms with E-state index in [1.807, 2.05) is 91.0 Å². The minimum absolute atomic E-state index is 0.302. The fourth-order valence-electron chi connectivity index (χ4n) is 3.62. The zero-order valence-electron chi connectivity index (χ0n) is 17.4. The number of benzene rings is 3. The predicted octanol–water partition coefficient (Wildman–Crippen LogP) is 4.09. The number of rotatable bonds is 10. The Labute approximate surface area is 183 Å². The van der Waals surface area contributed by atoms with Crippen molar-refractivity contribution in [2.24, 2.45) is 0 Å². The maximum Gasteiger partial charge on any atom is 0.184 e. The van der Waals surface area contributed by atoms with Crippen LogP contribution in [0.25, 0.3) is 0 Å². The molecule has 2 unspecified atom stereocenters. The summed E-state index contributed by atoms with van der Waals surface area (Å²) in [6.45, 7) is 1.55. The summed E-state index contributed by atoms with van der Waals surface area (Å²) < 4.78 is 23.9. The molecule has 1 aliphatic rings. The van der Waals surface area contributed by atoms with Gasteiger partial charge in [0.15, 0.2) is 6.29 Å². The van der Waals surface area contributed by atoms with E-state index in [0.717, 1.165) is 16.7 Å². The van der Waals surface area contributed by atoms with Crippen LogP contribution in [0.15, 0.2) is 91.0 Å². The first kappa shape index (κ1) is 21.7. The van der Waals surface area contributed by atoms with Gasteiger partial charge in [0, 0.05) is 0 Å². The average molecular weight is 421 g/mol. The topological polar surface area (TPSA) is 57.2 Å². The van der Waals surface area contributed by atoms with Crippen molar-refractivity contribution in [1.29, 1.82) is 0 Å². The lowest BCUT2D eigenvalue weighted by Crippen LogP contribution is -2.39. The summed E-state index contributed by atoms with van der Waals surface area (Å²) in [7, 11) is 0. The Morgan fingerprint density at radius 2 is 1.06 bits per heavy atom.